The quantitative estimate of drug-likeness (QED) is 0.474. The Labute approximate surface area is 83.8 Å². The molecule has 1 saturated carbocycles. The minimum atomic E-state index is -0.639. The summed E-state index contributed by atoms with van der Waals surface area (Å²) in [7, 11) is 0. The second-order valence-electron chi connectivity index (χ2n) is 4.20. The summed E-state index contributed by atoms with van der Waals surface area (Å²) >= 11 is 0. The number of hydrogen-bond donors (Lipinski definition) is 4. The Morgan fingerprint density at radius 2 is 2.21 bits per heavy atom. The molecule has 2 aliphatic rings. The Balaban J connectivity index is 2.02. The highest BCUT2D eigenvalue weighted by atomic mass is 16.3. The van der Waals surface area contributed by atoms with Crippen molar-refractivity contribution in [3.8, 4) is 0 Å². The van der Waals surface area contributed by atoms with E-state index in [2.05, 4.69) is 11.4 Å². The maximum Gasteiger partial charge on any atom is 0.100 e. The molecule has 0 bridgehead atoms. The van der Waals surface area contributed by atoms with Gasteiger partial charge in [-0.15, -0.1) is 0 Å². The van der Waals surface area contributed by atoms with Gasteiger partial charge in [0, 0.05) is 11.6 Å². The number of nitrogens with two attached hydrogens (primary N) is 1. The highest BCUT2D eigenvalue weighted by molar-refractivity contribution is 5.17. The summed E-state index contributed by atoms with van der Waals surface area (Å²) in [6, 6.07) is 0.000278. The van der Waals surface area contributed by atoms with Gasteiger partial charge in [-0.1, -0.05) is 6.08 Å². The summed E-state index contributed by atoms with van der Waals surface area (Å²) in [5.74, 6) is 0.370. The van der Waals surface area contributed by atoms with E-state index in [-0.39, 0.29) is 6.04 Å². The van der Waals surface area contributed by atoms with Crippen LogP contribution >= 0.6 is 0 Å². The molecule has 0 aromatic rings. The molecule has 1 heterocycles. The maximum atomic E-state index is 9.76. The lowest BCUT2D eigenvalue weighted by Gasteiger charge is -2.34. The van der Waals surface area contributed by atoms with Gasteiger partial charge in [-0.2, -0.15) is 0 Å². The van der Waals surface area contributed by atoms with E-state index in [0.29, 0.717) is 18.9 Å². The largest absolute Gasteiger partial charge is 0.390 e. The topological polar surface area (TPSA) is 78.5 Å². The first-order chi connectivity index (χ1) is 6.72. The maximum absolute atomic E-state index is 9.76. The fourth-order valence-electron chi connectivity index (χ4n) is 2.42. The Kier molecular flexibility index (Phi) is 2.76. The first kappa shape index (κ1) is 9.96. The molecule has 0 spiro atoms. The van der Waals surface area contributed by atoms with Gasteiger partial charge in [0.05, 0.1) is 12.1 Å². The van der Waals surface area contributed by atoms with Crippen LogP contribution in [0.5, 0.6) is 0 Å². The average Bonchev–Trinajstić information content (AvgIpc) is 2.56. The lowest BCUT2D eigenvalue weighted by molar-refractivity contribution is -0.0356. The summed E-state index contributed by atoms with van der Waals surface area (Å²) < 4.78 is 0. The molecule has 5 N–H and O–H groups in total. The van der Waals surface area contributed by atoms with Crippen molar-refractivity contribution >= 4 is 0 Å². The predicted molar refractivity (Wildman–Crippen MR) is 53.4 cm³/mol. The Morgan fingerprint density at radius 3 is 2.93 bits per heavy atom. The molecule has 0 saturated heterocycles. The molecule has 2 rings (SSSR count). The van der Waals surface area contributed by atoms with Crippen LogP contribution in [0.1, 0.15) is 19.3 Å². The molecule has 14 heavy (non-hydrogen) atoms. The van der Waals surface area contributed by atoms with Crippen molar-refractivity contribution in [2.45, 2.75) is 37.5 Å². The Hall–Kier alpha value is -0.580. The van der Waals surface area contributed by atoms with Crippen molar-refractivity contribution in [1.82, 2.24) is 5.32 Å². The van der Waals surface area contributed by atoms with Crippen LogP contribution in [-0.2, 0) is 0 Å². The number of aliphatic hydroxyl groups excluding tert-OH is 2. The van der Waals surface area contributed by atoms with E-state index in [4.69, 9.17) is 5.73 Å². The van der Waals surface area contributed by atoms with E-state index in [1.54, 1.807) is 0 Å². The minimum Gasteiger partial charge on any atom is -0.390 e. The zero-order chi connectivity index (χ0) is 10.1. The third kappa shape index (κ3) is 1.65. The van der Waals surface area contributed by atoms with Gasteiger partial charge in [-0.25, -0.2) is 0 Å². The van der Waals surface area contributed by atoms with Gasteiger partial charge in [0.15, 0.2) is 0 Å². The molecule has 80 valence electrons. The second kappa shape index (κ2) is 3.88. The van der Waals surface area contributed by atoms with Gasteiger partial charge >= 0.3 is 0 Å². The SMILES string of the molecule is NCCC1=CC2CCC(O)C(O)C2N1. The molecule has 0 amide bonds. The minimum absolute atomic E-state index is 0.000278. The summed E-state index contributed by atoms with van der Waals surface area (Å²) in [5, 5.41) is 22.5. The fourth-order valence-corrected chi connectivity index (χ4v) is 2.42. The Morgan fingerprint density at radius 1 is 1.43 bits per heavy atom. The molecule has 1 aliphatic heterocycles. The molecule has 4 nitrogen and oxygen atoms in total. The van der Waals surface area contributed by atoms with Gasteiger partial charge in [0.1, 0.15) is 6.10 Å². The van der Waals surface area contributed by atoms with E-state index in [1.165, 1.54) is 0 Å². The fraction of sp³-hybridized carbons (Fsp3) is 0.800. The molecular weight excluding hydrogens is 180 g/mol. The molecule has 1 fully saturated rings. The molecule has 4 heteroatoms. The number of fused-ring (bicyclic) bond motifs is 1. The van der Waals surface area contributed by atoms with Crippen LogP contribution in [0.2, 0.25) is 0 Å². The summed E-state index contributed by atoms with van der Waals surface area (Å²) in [6.45, 7) is 0.622. The number of aliphatic hydroxyl groups is 2. The van der Waals surface area contributed by atoms with Crippen LogP contribution in [0.3, 0.4) is 0 Å². The molecule has 4 unspecified atom stereocenters. The molecule has 0 aromatic carbocycles. The number of hydrogen-bond acceptors (Lipinski definition) is 4. The van der Waals surface area contributed by atoms with Crippen LogP contribution in [0, 0.1) is 5.92 Å². The summed E-state index contributed by atoms with van der Waals surface area (Å²) in [4.78, 5) is 0. The van der Waals surface area contributed by atoms with E-state index in [9.17, 15) is 10.2 Å². The van der Waals surface area contributed by atoms with Gasteiger partial charge in [0.25, 0.3) is 0 Å². The summed E-state index contributed by atoms with van der Waals surface area (Å²) in [5.41, 5.74) is 6.59. The highest BCUT2D eigenvalue weighted by Crippen LogP contribution is 2.32. The third-order valence-corrected chi connectivity index (χ3v) is 3.20. The number of nitrogens with one attached hydrogen (secondary N) is 1. The van der Waals surface area contributed by atoms with Gasteiger partial charge in [-0.05, 0) is 25.8 Å². The summed E-state index contributed by atoms with van der Waals surface area (Å²) in [6.07, 6.45) is 3.41. The third-order valence-electron chi connectivity index (χ3n) is 3.20. The van der Waals surface area contributed by atoms with Crippen LogP contribution in [0.4, 0.5) is 0 Å². The monoisotopic (exact) mass is 198 g/mol. The number of rotatable bonds is 2. The van der Waals surface area contributed by atoms with Crippen molar-refractivity contribution < 1.29 is 10.2 Å². The van der Waals surface area contributed by atoms with Crippen molar-refractivity contribution in [1.29, 1.82) is 0 Å². The average molecular weight is 198 g/mol. The molecule has 1 aliphatic carbocycles. The standard InChI is InChI=1S/C10H18N2O2/c11-4-3-7-5-6-1-2-8(13)10(14)9(6)12-7/h5-6,8-10,12-14H,1-4,11H2. The molecule has 0 radical (unpaired) electrons. The zero-order valence-corrected chi connectivity index (χ0v) is 8.19. The van der Waals surface area contributed by atoms with Crippen LogP contribution < -0.4 is 11.1 Å². The van der Waals surface area contributed by atoms with Crippen molar-refractivity contribution in [3.63, 3.8) is 0 Å². The predicted octanol–water partition coefficient (Wildman–Crippen LogP) is -0.677. The lowest BCUT2D eigenvalue weighted by atomic mass is 9.82. The van der Waals surface area contributed by atoms with Crippen molar-refractivity contribution in [2.24, 2.45) is 11.7 Å². The van der Waals surface area contributed by atoms with Crippen LogP contribution in [-0.4, -0.2) is 35.0 Å². The smallest absolute Gasteiger partial charge is 0.100 e. The van der Waals surface area contributed by atoms with E-state index >= 15 is 0 Å². The lowest BCUT2D eigenvalue weighted by Crippen LogP contribution is -2.50. The van der Waals surface area contributed by atoms with Gasteiger partial charge < -0.3 is 21.3 Å². The first-order valence-corrected chi connectivity index (χ1v) is 5.26. The molecular formula is C10H18N2O2. The van der Waals surface area contributed by atoms with Gasteiger partial charge in [-0.3, -0.25) is 0 Å². The van der Waals surface area contributed by atoms with E-state index < -0.39 is 12.2 Å². The normalized spacial score (nSPS) is 41.5. The van der Waals surface area contributed by atoms with E-state index in [1.807, 2.05) is 0 Å². The van der Waals surface area contributed by atoms with Crippen LogP contribution in [0.15, 0.2) is 11.8 Å². The first-order valence-electron chi connectivity index (χ1n) is 5.26. The van der Waals surface area contributed by atoms with Crippen molar-refractivity contribution in [2.75, 3.05) is 6.54 Å². The highest BCUT2D eigenvalue weighted by Gasteiger charge is 2.39. The second-order valence-corrected chi connectivity index (χ2v) is 4.20. The Bertz CT molecular complexity index is 242. The zero-order valence-electron chi connectivity index (χ0n) is 8.19. The van der Waals surface area contributed by atoms with Crippen molar-refractivity contribution in [3.05, 3.63) is 11.8 Å². The molecule has 0 aromatic heterocycles. The van der Waals surface area contributed by atoms with E-state index in [0.717, 1.165) is 18.5 Å². The molecule has 4 atom stereocenters. The van der Waals surface area contributed by atoms with Crippen LogP contribution in [0.25, 0.3) is 0 Å². The van der Waals surface area contributed by atoms with Gasteiger partial charge in [0.2, 0.25) is 0 Å².